The fourth-order valence-corrected chi connectivity index (χ4v) is 7.44. The van der Waals surface area contributed by atoms with E-state index in [4.69, 9.17) is 4.42 Å². The van der Waals surface area contributed by atoms with E-state index in [-0.39, 0.29) is 0 Å². The van der Waals surface area contributed by atoms with Crippen LogP contribution in [0.3, 0.4) is 0 Å². The average molecular weight is 601 g/mol. The number of hydrogen-bond acceptors (Lipinski definition) is 2. The third-order valence-electron chi connectivity index (χ3n) is 9.50. The summed E-state index contributed by atoms with van der Waals surface area (Å²) in [6, 6.07) is 60.9. The first-order valence-corrected chi connectivity index (χ1v) is 16.0. The lowest BCUT2D eigenvalue weighted by Gasteiger charge is -2.27. The normalized spacial score (nSPS) is 11.8. The zero-order chi connectivity index (χ0) is 30.9. The second-order valence-corrected chi connectivity index (χ2v) is 12.2. The smallest absolute Gasteiger partial charge is 0.137 e. The van der Waals surface area contributed by atoms with Crippen LogP contribution in [0.25, 0.3) is 71.0 Å². The predicted octanol–water partition coefficient (Wildman–Crippen LogP) is 12.5. The molecule has 8 aromatic carbocycles. The number of para-hydroxylation sites is 2. The van der Waals surface area contributed by atoms with Gasteiger partial charge in [0, 0.05) is 27.5 Å². The van der Waals surface area contributed by atoms with E-state index in [9.17, 15) is 0 Å². The molecule has 3 heteroatoms. The third-order valence-corrected chi connectivity index (χ3v) is 9.50. The lowest BCUT2D eigenvalue weighted by atomic mass is 10.0. The molecular formula is C44H28N2O. The van der Waals surface area contributed by atoms with E-state index in [2.05, 4.69) is 173 Å². The van der Waals surface area contributed by atoms with Gasteiger partial charge in [-0.15, -0.1) is 0 Å². The van der Waals surface area contributed by atoms with Crippen molar-refractivity contribution in [2.24, 2.45) is 0 Å². The van der Waals surface area contributed by atoms with Gasteiger partial charge in [-0.05, 0) is 88.3 Å². The van der Waals surface area contributed by atoms with Crippen molar-refractivity contribution >= 4 is 82.4 Å². The summed E-state index contributed by atoms with van der Waals surface area (Å²) in [7, 11) is 0. The fraction of sp³-hybridized carbons (Fsp3) is 0. The van der Waals surface area contributed by atoms with E-state index >= 15 is 0 Å². The Morgan fingerprint density at radius 3 is 1.87 bits per heavy atom. The van der Waals surface area contributed by atoms with Gasteiger partial charge in [-0.1, -0.05) is 103 Å². The van der Waals surface area contributed by atoms with Gasteiger partial charge in [0.15, 0.2) is 0 Å². The Labute approximate surface area is 271 Å². The number of anilines is 3. The largest absolute Gasteiger partial charge is 0.456 e. The third kappa shape index (κ3) is 3.93. The Balaban J connectivity index is 1.37. The van der Waals surface area contributed by atoms with Crippen LogP contribution in [-0.2, 0) is 0 Å². The highest BCUT2D eigenvalue weighted by Gasteiger charge is 2.24. The molecule has 220 valence electrons. The zero-order valence-corrected chi connectivity index (χ0v) is 25.5. The average Bonchev–Trinajstić information content (AvgIpc) is 3.67. The molecule has 0 saturated carbocycles. The number of fused-ring (bicyclic) bond motifs is 8. The number of rotatable bonds is 4. The Morgan fingerprint density at radius 2 is 1.04 bits per heavy atom. The molecule has 0 spiro atoms. The maximum absolute atomic E-state index is 6.42. The van der Waals surface area contributed by atoms with Crippen molar-refractivity contribution in [3.05, 3.63) is 170 Å². The van der Waals surface area contributed by atoms with Gasteiger partial charge in [0.05, 0.1) is 27.8 Å². The molecule has 0 unspecified atom stereocenters. The van der Waals surface area contributed by atoms with Gasteiger partial charge in [-0.25, -0.2) is 0 Å². The van der Waals surface area contributed by atoms with Crippen LogP contribution < -0.4 is 4.90 Å². The van der Waals surface area contributed by atoms with E-state index < -0.39 is 0 Å². The number of benzene rings is 8. The molecule has 2 heterocycles. The van der Waals surface area contributed by atoms with E-state index in [1.165, 1.54) is 37.8 Å². The van der Waals surface area contributed by atoms with Crippen molar-refractivity contribution in [3.63, 3.8) is 0 Å². The second-order valence-electron chi connectivity index (χ2n) is 12.2. The molecule has 0 saturated heterocycles. The minimum absolute atomic E-state index is 0.874. The Bertz CT molecular complexity index is 2810. The van der Waals surface area contributed by atoms with Gasteiger partial charge in [0.25, 0.3) is 0 Å². The van der Waals surface area contributed by atoms with Crippen LogP contribution in [0.4, 0.5) is 17.1 Å². The number of furan rings is 1. The van der Waals surface area contributed by atoms with E-state index in [1.807, 2.05) is 6.07 Å². The molecule has 0 N–H and O–H groups in total. The summed E-state index contributed by atoms with van der Waals surface area (Å²) in [5, 5.41) is 9.49. The monoisotopic (exact) mass is 600 g/mol. The summed E-state index contributed by atoms with van der Waals surface area (Å²) in [5.74, 6) is 0. The van der Waals surface area contributed by atoms with Crippen LogP contribution in [0.15, 0.2) is 174 Å². The molecular weight excluding hydrogens is 572 g/mol. The van der Waals surface area contributed by atoms with Gasteiger partial charge in [0.2, 0.25) is 0 Å². The molecule has 47 heavy (non-hydrogen) atoms. The molecule has 10 rings (SSSR count). The highest BCUT2D eigenvalue weighted by Crippen LogP contribution is 2.48. The molecule has 0 aliphatic heterocycles. The van der Waals surface area contributed by atoms with Crippen LogP contribution in [0.5, 0.6) is 0 Å². The fourth-order valence-electron chi connectivity index (χ4n) is 7.44. The lowest BCUT2D eigenvalue weighted by Crippen LogP contribution is -2.11. The highest BCUT2D eigenvalue weighted by atomic mass is 16.3. The molecule has 2 aromatic heterocycles. The van der Waals surface area contributed by atoms with Gasteiger partial charge >= 0.3 is 0 Å². The standard InChI is InChI=1S/C44H28N2O/c1-2-16-33(17-3-1)45-37-19-10-20-38(43(37)36-27-31-14-6-7-15-32(31)28-40(36)45)46(34-25-24-29-12-4-5-13-30(29)26-34)39-21-11-23-42-44(39)35-18-8-9-22-41(35)47-42/h1-28H. The van der Waals surface area contributed by atoms with Crippen molar-refractivity contribution < 1.29 is 4.42 Å². The lowest BCUT2D eigenvalue weighted by molar-refractivity contribution is 0.669. The minimum atomic E-state index is 0.874. The SMILES string of the molecule is c1ccc(-n2c3cc4ccccc4cc3c3c(N(c4ccc5ccccc5c4)c4cccc5oc6ccccc6c45)cccc32)cc1. The van der Waals surface area contributed by atoms with Gasteiger partial charge < -0.3 is 13.9 Å². The summed E-state index contributed by atoms with van der Waals surface area (Å²) in [6.45, 7) is 0. The molecule has 0 fully saturated rings. The van der Waals surface area contributed by atoms with Crippen molar-refractivity contribution in [1.82, 2.24) is 4.57 Å². The van der Waals surface area contributed by atoms with Crippen LogP contribution >= 0.6 is 0 Å². The molecule has 3 nitrogen and oxygen atoms in total. The Morgan fingerprint density at radius 1 is 0.404 bits per heavy atom. The maximum Gasteiger partial charge on any atom is 0.137 e. The highest BCUT2D eigenvalue weighted by molar-refractivity contribution is 6.21. The van der Waals surface area contributed by atoms with Crippen LogP contribution in [-0.4, -0.2) is 4.57 Å². The number of hydrogen-bond donors (Lipinski definition) is 0. The van der Waals surface area contributed by atoms with E-state index in [0.29, 0.717) is 0 Å². The molecule has 0 radical (unpaired) electrons. The van der Waals surface area contributed by atoms with Crippen molar-refractivity contribution in [1.29, 1.82) is 0 Å². The molecule has 0 atom stereocenters. The molecule has 10 aromatic rings. The first-order chi connectivity index (χ1) is 23.3. The van der Waals surface area contributed by atoms with Crippen molar-refractivity contribution in [2.45, 2.75) is 0 Å². The Kier molecular flexibility index (Phi) is 5.57. The quantitative estimate of drug-likeness (QED) is 0.200. The van der Waals surface area contributed by atoms with Crippen LogP contribution in [0, 0.1) is 0 Å². The topological polar surface area (TPSA) is 21.3 Å². The first kappa shape index (κ1) is 26.0. The van der Waals surface area contributed by atoms with Crippen molar-refractivity contribution in [2.75, 3.05) is 4.90 Å². The van der Waals surface area contributed by atoms with Gasteiger partial charge in [-0.2, -0.15) is 0 Å². The molecule has 0 aliphatic carbocycles. The van der Waals surface area contributed by atoms with Crippen LogP contribution in [0.2, 0.25) is 0 Å². The zero-order valence-electron chi connectivity index (χ0n) is 25.5. The molecule has 0 amide bonds. The van der Waals surface area contributed by atoms with Gasteiger partial charge in [-0.3, -0.25) is 0 Å². The summed E-state index contributed by atoms with van der Waals surface area (Å²) in [6.07, 6.45) is 0. The van der Waals surface area contributed by atoms with Crippen molar-refractivity contribution in [3.8, 4) is 5.69 Å². The van der Waals surface area contributed by atoms with Gasteiger partial charge in [0.1, 0.15) is 11.2 Å². The second kappa shape index (κ2) is 10.1. The predicted molar refractivity (Wildman–Crippen MR) is 198 cm³/mol. The summed E-state index contributed by atoms with van der Waals surface area (Å²) < 4.78 is 8.83. The minimum Gasteiger partial charge on any atom is -0.456 e. The first-order valence-electron chi connectivity index (χ1n) is 16.0. The molecule has 0 aliphatic rings. The summed E-state index contributed by atoms with van der Waals surface area (Å²) >= 11 is 0. The number of nitrogens with zero attached hydrogens (tertiary/aromatic N) is 2. The van der Waals surface area contributed by atoms with E-state index in [0.717, 1.165) is 50.2 Å². The number of aromatic nitrogens is 1. The maximum atomic E-state index is 6.42. The Hall–Kier alpha value is -6.32. The summed E-state index contributed by atoms with van der Waals surface area (Å²) in [5.41, 5.74) is 8.53. The van der Waals surface area contributed by atoms with Crippen LogP contribution in [0.1, 0.15) is 0 Å². The van der Waals surface area contributed by atoms with E-state index in [1.54, 1.807) is 0 Å². The molecule has 0 bridgehead atoms. The summed E-state index contributed by atoms with van der Waals surface area (Å²) in [4.78, 5) is 2.43.